The first-order valence-corrected chi connectivity index (χ1v) is 7.85. The van der Waals surface area contributed by atoms with Crippen LogP contribution in [0.5, 0.6) is 5.75 Å². The molecule has 106 valence electrons. The summed E-state index contributed by atoms with van der Waals surface area (Å²) >= 11 is 0. The van der Waals surface area contributed by atoms with Gasteiger partial charge in [0.15, 0.2) is 0 Å². The third-order valence-corrected chi connectivity index (χ3v) is 4.47. The maximum atomic E-state index is 11.8. The van der Waals surface area contributed by atoms with E-state index in [9.17, 15) is 4.21 Å². The molecular weight excluding hydrogens is 256 g/mol. The van der Waals surface area contributed by atoms with Crippen LogP contribution in [0.1, 0.15) is 39.2 Å². The van der Waals surface area contributed by atoms with Crippen molar-refractivity contribution >= 4 is 10.8 Å². The smallest absolute Gasteiger partial charge is 0.118 e. The van der Waals surface area contributed by atoms with Gasteiger partial charge >= 0.3 is 0 Å². The molecule has 1 rings (SSSR count). The second-order valence-electron chi connectivity index (χ2n) is 5.52. The van der Waals surface area contributed by atoms with Crippen molar-refractivity contribution < 1.29 is 8.95 Å². The second kappa shape index (κ2) is 7.49. The number of allylic oxidation sites excluding steroid dienone is 1. The lowest BCUT2D eigenvalue weighted by Crippen LogP contribution is -2.19. The van der Waals surface area contributed by atoms with Crippen molar-refractivity contribution in [2.45, 2.75) is 44.8 Å². The van der Waals surface area contributed by atoms with Crippen molar-refractivity contribution in [2.24, 2.45) is 0 Å². The highest BCUT2D eigenvalue weighted by Crippen LogP contribution is 2.14. The third kappa shape index (κ3) is 6.06. The van der Waals surface area contributed by atoms with Gasteiger partial charge in [0, 0.05) is 4.75 Å². The maximum Gasteiger partial charge on any atom is 0.118 e. The fourth-order valence-corrected chi connectivity index (χ4v) is 2.29. The number of unbranched alkanes of at least 4 members (excludes halogenated alkanes) is 1. The van der Waals surface area contributed by atoms with Gasteiger partial charge in [0.1, 0.15) is 5.75 Å². The molecule has 0 aliphatic rings. The molecule has 0 spiro atoms. The fourth-order valence-electron chi connectivity index (χ4n) is 1.58. The number of hydrogen-bond donors (Lipinski definition) is 0. The first kappa shape index (κ1) is 16.0. The SMILES string of the molecule is COc1ccc(CCC/C=C/S(=O)C(C)(C)C)cc1. The quantitative estimate of drug-likeness (QED) is 0.734. The Balaban J connectivity index is 2.30. The Bertz CT molecular complexity index is 427. The van der Waals surface area contributed by atoms with Crippen LogP contribution in [0.15, 0.2) is 35.7 Å². The molecule has 0 N–H and O–H groups in total. The summed E-state index contributed by atoms with van der Waals surface area (Å²) in [4.78, 5) is 0. The van der Waals surface area contributed by atoms with E-state index in [2.05, 4.69) is 12.1 Å². The van der Waals surface area contributed by atoms with Gasteiger partial charge in [-0.25, -0.2) is 0 Å². The van der Waals surface area contributed by atoms with Gasteiger partial charge in [0.2, 0.25) is 0 Å². The largest absolute Gasteiger partial charge is 0.497 e. The van der Waals surface area contributed by atoms with E-state index in [1.165, 1.54) is 5.56 Å². The van der Waals surface area contributed by atoms with Crippen LogP contribution in [0.4, 0.5) is 0 Å². The molecule has 3 heteroatoms. The van der Waals surface area contributed by atoms with E-state index in [1.54, 1.807) is 7.11 Å². The number of benzene rings is 1. The predicted octanol–water partition coefficient (Wildman–Crippen LogP) is 4.08. The Kier molecular flexibility index (Phi) is 6.29. The summed E-state index contributed by atoms with van der Waals surface area (Å²) in [7, 11) is 0.789. The van der Waals surface area contributed by atoms with Gasteiger partial charge in [-0.15, -0.1) is 0 Å². The minimum absolute atomic E-state index is 0.160. The predicted molar refractivity (Wildman–Crippen MR) is 83.0 cm³/mol. The van der Waals surface area contributed by atoms with E-state index >= 15 is 0 Å². The molecule has 0 saturated carbocycles. The fraction of sp³-hybridized carbons (Fsp3) is 0.500. The molecule has 0 fully saturated rings. The number of ether oxygens (including phenoxy) is 1. The van der Waals surface area contributed by atoms with Crippen LogP contribution < -0.4 is 4.74 Å². The van der Waals surface area contributed by atoms with Gasteiger partial charge in [-0.3, -0.25) is 4.21 Å². The second-order valence-corrected chi connectivity index (χ2v) is 7.61. The number of methoxy groups -OCH3 is 1. The zero-order valence-electron chi connectivity index (χ0n) is 12.3. The molecule has 0 aliphatic heterocycles. The standard InChI is InChI=1S/C16H24O2S/c1-16(2,3)19(17)13-7-5-6-8-14-9-11-15(18-4)12-10-14/h7,9-13H,5-6,8H2,1-4H3/b13-7+. The molecule has 0 aromatic heterocycles. The molecule has 1 unspecified atom stereocenters. The summed E-state index contributed by atoms with van der Waals surface area (Å²) in [6.45, 7) is 5.97. The zero-order valence-corrected chi connectivity index (χ0v) is 13.1. The van der Waals surface area contributed by atoms with Gasteiger partial charge in [0.25, 0.3) is 0 Å². The van der Waals surface area contributed by atoms with E-state index in [-0.39, 0.29) is 4.75 Å². The zero-order chi connectivity index (χ0) is 14.3. The van der Waals surface area contributed by atoms with Crippen LogP contribution in [0.2, 0.25) is 0 Å². The molecule has 2 nitrogen and oxygen atoms in total. The minimum atomic E-state index is -0.887. The summed E-state index contributed by atoms with van der Waals surface area (Å²) in [6, 6.07) is 8.16. The van der Waals surface area contributed by atoms with Gasteiger partial charge in [-0.05, 0) is 63.1 Å². The lowest BCUT2D eigenvalue weighted by atomic mass is 10.1. The molecule has 0 bridgehead atoms. The Morgan fingerprint density at radius 2 is 1.84 bits per heavy atom. The normalized spacial score (nSPS) is 13.7. The van der Waals surface area contributed by atoms with Gasteiger partial charge in [-0.2, -0.15) is 0 Å². The lowest BCUT2D eigenvalue weighted by Gasteiger charge is -2.13. The molecule has 1 aromatic rings. The van der Waals surface area contributed by atoms with Crippen molar-refractivity contribution in [3.05, 3.63) is 41.3 Å². The molecule has 1 atom stereocenters. The molecule has 0 amide bonds. The van der Waals surface area contributed by atoms with E-state index < -0.39 is 10.8 Å². The van der Waals surface area contributed by atoms with Crippen LogP contribution in [0, 0.1) is 0 Å². The monoisotopic (exact) mass is 280 g/mol. The summed E-state index contributed by atoms with van der Waals surface area (Å²) in [5.74, 6) is 0.893. The summed E-state index contributed by atoms with van der Waals surface area (Å²) in [5, 5.41) is 1.83. The number of aryl methyl sites for hydroxylation is 1. The topological polar surface area (TPSA) is 26.3 Å². The van der Waals surface area contributed by atoms with E-state index in [0.29, 0.717) is 0 Å². The molecule has 19 heavy (non-hydrogen) atoms. The Morgan fingerprint density at radius 1 is 1.21 bits per heavy atom. The van der Waals surface area contributed by atoms with Crippen molar-refractivity contribution in [1.82, 2.24) is 0 Å². The molecule has 0 radical (unpaired) electrons. The van der Waals surface area contributed by atoms with E-state index in [4.69, 9.17) is 4.74 Å². The van der Waals surface area contributed by atoms with Crippen LogP contribution in [-0.4, -0.2) is 16.1 Å². The Hall–Kier alpha value is -1.09. The van der Waals surface area contributed by atoms with Crippen molar-refractivity contribution in [3.8, 4) is 5.75 Å². The molecule has 0 heterocycles. The van der Waals surface area contributed by atoms with Crippen molar-refractivity contribution in [3.63, 3.8) is 0 Å². The highest BCUT2D eigenvalue weighted by Gasteiger charge is 2.15. The summed E-state index contributed by atoms with van der Waals surface area (Å²) in [6.07, 6.45) is 5.11. The van der Waals surface area contributed by atoms with Crippen molar-refractivity contribution in [2.75, 3.05) is 7.11 Å². The first-order valence-electron chi connectivity index (χ1n) is 6.64. The highest BCUT2D eigenvalue weighted by atomic mass is 32.2. The Morgan fingerprint density at radius 3 is 2.37 bits per heavy atom. The maximum absolute atomic E-state index is 11.8. The van der Waals surface area contributed by atoms with Crippen LogP contribution in [0.3, 0.4) is 0 Å². The molecule has 1 aromatic carbocycles. The lowest BCUT2D eigenvalue weighted by molar-refractivity contribution is 0.414. The van der Waals surface area contributed by atoms with Crippen LogP contribution in [0.25, 0.3) is 0 Å². The van der Waals surface area contributed by atoms with Gasteiger partial charge < -0.3 is 4.74 Å². The summed E-state index contributed by atoms with van der Waals surface area (Å²) < 4.78 is 16.7. The highest BCUT2D eigenvalue weighted by molar-refractivity contribution is 7.89. The van der Waals surface area contributed by atoms with E-state index in [1.807, 2.05) is 44.4 Å². The average Bonchev–Trinajstić information content (AvgIpc) is 2.37. The van der Waals surface area contributed by atoms with Gasteiger partial charge in [-0.1, -0.05) is 18.2 Å². The van der Waals surface area contributed by atoms with Crippen molar-refractivity contribution in [1.29, 1.82) is 0 Å². The first-order chi connectivity index (χ1) is 8.93. The molecule has 0 saturated heterocycles. The summed E-state index contributed by atoms with van der Waals surface area (Å²) in [5.41, 5.74) is 1.31. The van der Waals surface area contributed by atoms with Gasteiger partial charge in [0.05, 0.1) is 17.9 Å². The Labute approximate surface area is 119 Å². The molecular formula is C16H24O2S. The average molecular weight is 280 g/mol. The number of hydrogen-bond acceptors (Lipinski definition) is 2. The van der Waals surface area contributed by atoms with E-state index in [0.717, 1.165) is 25.0 Å². The number of rotatable bonds is 6. The molecule has 0 aliphatic carbocycles. The third-order valence-electron chi connectivity index (χ3n) is 2.82. The minimum Gasteiger partial charge on any atom is -0.497 e. The van der Waals surface area contributed by atoms with Crippen LogP contribution in [-0.2, 0) is 17.2 Å². The van der Waals surface area contributed by atoms with Crippen LogP contribution >= 0.6 is 0 Å².